The minimum atomic E-state index is -4.57. The van der Waals surface area contributed by atoms with Gasteiger partial charge in [-0.25, -0.2) is 0 Å². The number of carbonyl (C=O) groups excluding carboxylic acids is 1. The van der Waals surface area contributed by atoms with Gasteiger partial charge in [-0.05, 0) is 43.3 Å². The van der Waals surface area contributed by atoms with E-state index < -0.39 is 17.6 Å². The number of aryl methyl sites for hydroxylation is 1. The molecule has 0 aliphatic carbocycles. The highest BCUT2D eigenvalue weighted by Gasteiger charge is 2.33. The van der Waals surface area contributed by atoms with Crippen LogP contribution in [0.25, 0.3) is 5.69 Å². The molecule has 0 atom stereocenters. The zero-order valence-corrected chi connectivity index (χ0v) is 19.5. The molecule has 1 heterocycles. The SMILES string of the molecule is Cc1ccc(NCc2nnc(SCC(=O)Nc3ccccc3C(F)(F)F)n2-c2ccccc2)cc1. The number of halogens is 3. The standard InChI is InChI=1S/C25H22F3N5OS/c1-17-11-13-18(14-12-17)29-15-22-31-32-24(33(22)19-7-3-2-4-8-19)35-16-23(34)30-21-10-6-5-9-20(21)25(26,27)28/h2-14,29H,15-16H2,1H3,(H,30,34). The van der Waals surface area contributed by atoms with Crippen LogP contribution in [-0.4, -0.2) is 26.4 Å². The van der Waals surface area contributed by atoms with Crippen LogP contribution < -0.4 is 10.6 Å². The van der Waals surface area contributed by atoms with Crippen molar-refractivity contribution in [2.75, 3.05) is 16.4 Å². The third kappa shape index (κ3) is 6.21. The van der Waals surface area contributed by atoms with Gasteiger partial charge in [-0.3, -0.25) is 9.36 Å². The fraction of sp³-hybridized carbons (Fsp3) is 0.160. The average Bonchev–Trinajstić information content (AvgIpc) is 3.25. The van der Waals surface area contributed by atoms with Gasteiger partial charge in [0.25, 0.3) is 0 Å². The lowest BCUT2D eigenvalue weighted by Crippen LogP contribution is -2.18. The van der Waals surface area contributed by atoms with Gasteiger partial charge in [0.2, 0.25) is 5.91 Å². The number of nitrogens with one attached hydrogen (secondary N) is 2. The van der Waals surface area contributed by atoms with Crippen molar-refractivity contribution in [1.29, 1.82) is 0 Å². The van der Waals surface area contributed by atoms with Crippen molar-refractivity contribution >= 4 is 29.0 Å². The van der Waals surface area contributed by atoms with E-state index in [1.54, 1.807) is 0 Å². The smallest absolute Gasteiger partial charge is 0.378 e. The van der Waals surface area contributed by atoms with Crippen LogP contribution in [0, 0.1) is 6.92 Å². The summed E-state index contributed by atoms with van der Waals surface area (Å²) in [6, 6.07) is 22.2. The van der Waals surface area contributed by atoms with Crippen molar-refractivity contribution in [2.45, 2.75) is 24.8 Å². The van der Waals surface area contributed by atoms with Gasteiger partial charge in [-0.2, -0.15) is 13.2 Å². The molecule has 10 heteroatoms. The van der Waals surface area contributed by atoms with Gasteiger partial charge in [0.15, 0.2) is 11.0 Å². The molecular formula is C25H22F3N5OS. The van der Waals surface area contributed by atoms with E-state index in [4.69, 9.17) is 0 Å². The summed E-state index contributed by atoms with van der Waals surface area (Å²) in [5.74, 6) is -0.0847. The number of benzene rings is 3. The molecule has 6 nitrogen and oxygen atoms in total. The Hall–Kier alpha value is -3.79. The van der Waals surface area contributed by atoms with E-state index in [1.807, 2.05) is 66.1 Å². The average molecular weight is 498 g/mol. The number of hydrogen-bond donors (Lipinski definition) is 2. The monoisotopic (exact) mass is 497 g/mol. The Labute approximate surface area is 204 Å². The Kier molecular flexibility index (Phi) is 7.40. The number of aromatic nitrogens is 3. The van der Waals surface area contributed by atoms with Gasteiger partial charge in [0.1, 0.15) is 0 Å². The van der Waals surface area contributed by atoms with Crippen LogP contribution in [0.4, 0.5) is 24.5 Å². The van der Waals surface area contributed by atoms with Gasteiger partial charge in [0, 0.05) is 11.4 Å². The van der Waals surface area contributed by atoms with E-state index in [2.05, 4.69) is 20.8 Å². The van der Waals surface area contributed by atoms with Crippen molar-refractivity contribution in [3.05, 3.63) is 95.8 Å². The Morgan fingerprint density at radius 3 is 2.34 bits per heavy atom. The zero-order chi connectivity index (χ0) is 24.8. The quantitative estimate of drug-likeness (QED) is 0.295. The first-order valence-corrected chi connectivity index (χ1v) is 11.7. The largest absolute Gasteiger partial charge is 0.418 e. The third-order valence-electron chi connectivity index (χ3n) is 5.06. The lowest BCUT2D eigenvalue weighted by molar-refractivity contribution is -0.137. The molecule has 0 bridgehead atoms. The maximum Gasteiger partial charge on any atom is 0.418 e. The highest BCUT2D eigenvalue weighted by molar-refractivity contribution is 7.99. The van der Waals surface area contributed by atoms with Gasteiger partial charge in [-0.15, -0.1) is 10.2 Å². The van der Waals surface area contributed by atoms with Crippen LogP contribution in [0.1, 0.15) is 17.0 Å². The summed E-state index contributed by atoms with van der Waals surface area (Å²) in [5, 5.41) is 14.6. The first-order valence-electron chi connectivity index (χ1n) is 10.7. The number of nitrogens with zero attached hydrogens (tertiary/aromatic N) is 3. The molecule has 0 fully saturated rings. The normalized spacial score (nSPS) is 11.3. The number of para-hydroxylation sites is 2. The van der Waals surface area contributed by atoms with E-state index in [9.17, 15) is 18.0 Å². The van der Waals surface area contributed by atoms with E-state index in [0.29, 0.717) is 17.5 Å². The molecule has 0 saturated carbocycles. The van der Waals surface area contributed by atoms with Crippen LogP contribution in [0.3, 0.4) is 0 Å². The van der Waals surface area contributed by atoms with E-state index in [-0.39, 0.29) is 11.4 Å². The third-order valence-corrected chi connectivity index (χ3v) is 5.98. The number of anilines is 2. The number of alkyl halides is 3. The predicted octanol–water partition coefficient (Wildman–Crippen LogP) is 5.94. The second-order valence-corrected chi connectivity index (χ2v) is 8.61. The lowest BCUT2D eigenvalue weighted by atomic mass is 10.1. The Bertz CT molecular complexity index is 1290. The molecule has 0 radical (unpaired) electrons. The number of thioether (sulfide) groups is 1. The van der Waals surface area contributed by atoms with Crippen LogP contribution in [0.15, 0.2) is 84.0 Å². The number of hydrogen-bond acceptors (Lipinski definition) is 5. The first kappa shape index (κ1) is 24.3. The fourth-order valence-corrected chi connectivity index (χ4v) is 4.12. The molecule has 0 aliphatic rings. The van der Waals surface area contributed by atoms with Crippen molar-refractivity contribution < 1.29 is 18.0 Å². The molecule has 1 amide bonds. The molecule has 1 aromatic heterocycles. The summed E-state index contributed by atoms with van der Waals surface area (Å²) in [4.78, 5) is 12.5. The molecule has 2 N–H and O–H groups in total. The Balaban J connectivity index is 1.50. The van der Waals surface area contributed by atoms with Crippen molar-refractivity contribution in [3.63, 3.8) is 0 Å². The molecule has 0 saturated heterocycles. The summed E-state index contributed by atoms with van der Waals surface area (Å²) >= 11 is 1.10. The second-order valence-electron chi connectivity index (χ2n) is 7.67. The number of amides is 1. The Morgan fingerprint density at radius 1 is 0.943 bits per heavy atom. The van der Waals surface area contributed by atoms with E-state index >= 15 is 0 Å². The van der Waals surface area contributed by atoms with Crippen LogP contribution in [0.2, 0.25) is 0 Å². The van der Waals surface area contributed by atoms with Gasteiger partial charge >= 0.3 is 6.18 Å². The van der Waals surface area contributed by atoms with Crippen LogP contribution in [-0.2, 0) is 17.5 Å². The Morgan fingerprint density at radius 2 is 1.63 bits per heavy atom. The molecule has 4 rings (SSSR count). The minimum Gasteiger partial charge on any atom is -0.378 e. The van der Waals surface area contributed by atoms with Crippen molar-refractivity contribution in [2.24, 2.45) is 0 Å². The highest BCUT2D eigenvalue weighted by Crippen LogP contribution is 2.34. The van der Waals surface area contributed by atoms with Crippen LogP contribution >= 0.6 is 11.8 Å². The summed E-state index contributed by atoms with van der Waals surface area (Å²) in [7, 11) is 0. The molecule has 4 aromatic rings. The molecule has 180 valence electrons. The van der Waals surface area contributed by atoms with E-state index in [0.717, 1.165) is 34.8 Å². The predicted molar refractivity (Wildman–Crippen MR) is 131 cm³/mol. The van der Waals surface area contributed by atoms with Gasteiger partial charge < -0.3 is 10.6 Å². The highest BCUT2D eigenvalue weighted by atomic mass is 32.2. The topological polar surface area (TPSA) is 71.8 Å². The second kappa shape index (κ2) is 10.6. The minimum absolute atomic E-state index is 0.136. The van der Waals surface area contributed by atoms with Gasteiger partial charge in [0.05, 0.1) is 23.5 Å². The fourth-order valence-electron chi connectivity index (χ4n) is 3.35. The first-order chi connectivity index (χ1) is 16.8. The van der Waals surface area contributed by atoms with Crippen molar-refractivity contribution in [1.82, 2.24) is 14.8 Å². The summed E-state index contributed by atoms with van der Waals surface area (Å²) in [6.45, 7) is 2.40. The van der Waals surface area contributed by atoms with Crippen LogP contribution in [0.5, 0.6) is 0 Å². The molecule has 0 spiro atoms. The number of carbonyl (C=O) groups is 1. The maximum absolute atomic E-state index is 13.2. The molecular weight excluding hydrogens is 475 g/mol. The molecule has 0 aliphatic heterocycles. The number of rotatable bonds is 8. The summed E-state index contributed by atoms with van der Waals surface area (Å²) < 4.78 is 41.5. The molecule has 3 aromatic carbocycles. The summed E-state index contributed by atoms with van der Waals surface area (Å²) in [6.07, 6.45) is -4.57. The molecule has 35 heavy (non-hydrogen) atoms. The van der Waals surface area contributed by atoms with E-state index in [1.165, 1.54) is 18.2 Å². The molecule has 0 unspecified atom stereocenters. The summed E-state index contributed by atoms with van der Waals surface area (Å²) in [5.41, 5.74) is 1.71. The zero-order valence-electron chi connectivity index (χ0n) is 18.7. The van der Waals surface area contributed by atoms with Crippen molar-refractivity contribution in [3.8, 4) is 5.69 Å². The lowest BCUT2D eigenvalue weighted by Gasteiger charge is -2.14. The van der Waals surface area contributed by atoms with Gasteiger partial charge in [-0.1, -0.05) is 59.8 Å². The maximum atomic E-state index is 13.2.